The van der Waals surface area contributed by atoms with Gasteiger partial charge in [-0.2, -0.15) is 0 Å². The second-order valence-corrected chi connectivity index (χ2v) is 6.93. The van der Waals surface area contributed by atoms with Crippen molar-refractivity contribution < 1.29 is 14.0 Å². The highest BCUT2D eigenvalue weighted by molar-refractivity contribution is 5.89. The van der Waals surface area contributed by atoms with Crippen LogP contribution in [0, 0.1) is 5.92 Å². The quantitative estimate of drug-likeness (QED) is 0.859. The van der Waals surface area contributed by atoms with Crippen LogP contribution in [0.3, 0.4) is 0 Å². The van der Waals surface area contributed by atoms with Crippen LogP contribution >= 0.6 is 0 Å². The predicted octanol–water partition coefficient (Wildman–Crippen LogP) is 1.62. The van der Waals surface area contributed by atoms with Crippen molar-refractivity contribution >= 4 is 11.8 Å². The molecular weight excluding hydrogens is 306 g/mol. The molecule has 24 heavy (non-hydrogen) atoms. The van der Waals surface area contributed by atoms with Crippen LogP contribution in [0.4, 0.5) is 0 Å². The minimum absolute atomic E-state index is 0.00467. The molecule has 1 N–H and O–H groups in total. The smallest absolute Gasteiger partial charge is 0.225 e. The second kappa shape index (κ2) is 7.83. The van der Waals surface area contributed by atoms with E-state index < -0.39 is 0 Å². The van der Waals surface area contributed by atoms with Gasteiger partial charge < -0.3 is 14.6 Å². The molecule has 0 spiro atoms. The topological polar surface area (TPSA) is 65.8 Å². The minimum atomic E-state index is -0.244. The first-order valence-electron chi connectivity index (χ1n) is 8.95. The summed E-state index contributed by atoms with van der Waals surface area (Å²) in [6.45, 7) is 5.85. The number of likely N-dealkylation sites (tertiary alicyclic amines) is 2. The van der Waals surface area contributed by atoms with Gasteiger partial charge in [0.1, 0.15) is 5.76 Å². The third kappa shape index (κ3) is 4.17. The summed E-state index contributed by atoms with van der Waals surface area (Å²) in [5, 5.41) is 3.01. The van der Waals surface area contributed by atoms with E-state index in [1.807, 2.05) is 12.1 Å². The Morgan fingerprint density at radius 3 is 3.04 bits per heavy atom. The zero-order valence-electron chi connectivity index (χ0n) is 14.4. The van der Waals surface area contributed by atoms with Crippen LogP contribution in [0.2, 0.25) is 0 Å². The predicted molar refractivity (Wildman–Crippen MR) is 90.1 cm³/mol. The van der Waals surface area contributed by atoms with Gasteiger partial charge in [0.05, 0.1) is 18.7 Å². The van der Waals surface area contributed by atoms with Gasteiger partial charge in [-0.1, -0.05) is 6.42 Å². The molecule has 2 fully saturated rings. The van der Waals surface area contributed by atoms with E-state index >= 15 is 0 Å². The molecule has 0 bridgehead atoms. The molecule has 2 aliphatic rings. The number of nitrogens with zero attached hydrogens (tertiary/aromatic N) is 2. The van der Waals surface area contributed by atoms with Crippen LogP contribution in [0.15, 0.2) is 22.8 Å². The molecule has 3 rings (SSSR count). The van der Waals surface area contributed by atoms with Gasteiger partial charge in [0.25, 0.3) is 0 Å². The van der Waals surface area contributed by atoms with Crippen LogP contribution in [0.1, 0.15) is 38.4 Å². The van der Waals surface area contributed by atoms with E-state index in [1.165, 1.54) is 19.3 Å². The monoisotopic (exact) mass is 333 g/mol. The Balaban J connectivity index is 1.41. The number of nitrogens with one attached hydrogen (secondary N) is 1. The molecule has 132 valence electrons. The molecule has 2 unspecified atom stereocenters. The van der Waals surface area contributed by atoms with E-state index in [4.69, 9.17) is 4.42 Å². The molecule has 1 aromatic rings. The van der Waals surface area contributed by atoms with Crippen molar-refractivity contribution in [3.63, 3.8) is 0 Å². The maximum atomic E-state index is 12.3. The molecule has 6 heteroatoms. The normalized spacial score (nSPS) is 25.2. The lowest BCUT2D eigenvalue weighted by Crippen LogP contribution is -2.43. The number of carbonyl (C=O) groups is 2. The van der Waals surface area contributed by atoms with Gasteiger partial charge in [0.2, 0.25) is 11.8 Å². The summed E-state index contributed by atoms with van der Waals surface area (Å²) in [4.78, 5) is 28.5. The van der Waals surface area contributed by atoms with Crippen molar-refractivity contribution in [2.75, 3.05) is 26.2 Å². The molecule has 2 amide bonds. The lowest BCUT2D eigenvalue weighted by Gasteiger charge is -2.33. The molecule has 0 aliphatic carbocycles. The summed E-state index contributed by atoms with van der Waals surface area (Å²) in [5.74, 6) is 0.529. The Kier molecular flexibility index (Phi) is 5.56. The fourth-order valence-corrected chi connectivity index (χ4v) is 3.65. The van der Waals surface area contributed by atoms with Crippen molar-refractivity contribution in [3.8, 4) is 0 Å². The molecule has 1 aromatic heterocycles. The molecule has 2 atom stereocenters. The highest BCUT2D eigenvalue weighted by atomic mass is 16.3. The Labute approximate surface area is 143 Å². The first-order chi connectivity index (χ1) is 11.6. The summed E-state index contributed by atoms with van der Waals surface area (Å²) >= 11 is 0. The summed E-state index contributed by atoms with van der Waals surface area (Å²) in [6, 6.07) is 4.26. The standard InChI is InChI=1S/C18H27N3O3/c1-14-5-2-3-8-20(14)9-7-19-18(23)15-11-17(22)21(12-15)13-16-6-4-10-24-16/h4,6,10,14-15H,2-3,5,7-9,11-13H2,1H3,(H,19,23). The van der Waals surface area contributed by atoms with Crippen LogP contribution < -0.4 is 5.32 Å². The molecule has 0 saturated carbocycles. The Morgan fingerprint density at radius 2 is 2.29 bits per heavy atom. The number of rotatable bonds is 6. The first-order valence-corrected chi connectivity index (χ1v) is 8.95. The van der Waals surface area contributed by atoms with E-state index in [2.05, 4.69) is 17.1 Å². The number of amides is 2. The van der Waals surface area contributed by atoms with Crippen LogP contribution in [-0.2, 0) is 16.1 Å². The zero-order valence-corrected chi connectivity index (χ0v) is 14.4. The van der Waals surface area contributed by atoms with Gasteiger partial charge >= 0.3 is 0 Å². The van der Waals surface area contributed by atoms with Gasteiger partial charge in [-0.05, 0) is 38.4 Å². The molecular formula is C18H27N3O3. The third-order valence-electron chi connectivity index (χ3n) is 5.15. The van der Waals surface area contributed by atoms with Crippen molar-refractivity contribution in [1.29, 1.82) is 0 Å². The largest absolute Gasteiger partial charge is 0.467 e. The Hall–Kier alpha value is -1.82. The number of furan rings is 1. The summed E-state index contributed by atoms with van der Waals surface area (Å²) in [6.07, 6.45) is 5.69. The number of carbonyl (C=O) groups excluding carboxylic acids is 2. The molecule has 0 aromatic carbocycles. The van der Waals surface area contributed by atoms with E-state index in [9.17, 15) is 9.59 Å². The SMILES string of the molecule is CC1CCCCN1CCNC(=O)C1CC(=O)N(Cc2ccco2)C1. The van der Waals surface area contributed by atoms with E-state index in [0.29, 0.717) is 32.1 Å². The number of hydrogen-bond donors (Lipinski definition) is 1. The first kappa shape index (κ1) is 17.0. The van der Waals surface area contributed by atoms with E-state index in [1.54, 1.807) is 11.2 Å². The third-order valence-corrected chi connectivity index (χ3v) is 5.15. The van der Waals surface area contributed by atoms with Gasteiger partial charge in [0, 0.05) is 32.1 Å². The average Bonchev–Trinajstić information content (AvgIpc) is 3.20. The maximum absolute atomic E-state index is 12.3. The van der Waals surface area contributed by atoms with Crippen molar-refractivity contribution in [3.05, 3.63) is 24.2 Å². The molecule has 2 saturated heterocycles. The molecule has 0 radical (unpaired) electrons. The van der Waals surface area contributed by atoms with Gasteiger partial charge in [-0.15, -0.1) is 0 Å². The second-order valence-electron chi connectivity index (χ2n) is 6.93. The maximum Gasteiger partial charge on any atom is 0.225 e. The lowest BCUT2D eigenvalue weighted by atomic mass is 10.0. The van der Waals surface area contributed by atoms with Crippen molar-refractivity contribution in [2.24, 2.45) is 5.92 Å². The summed E-state index contributed by atoms with van der Waals surface area (Å²) in [7, 11) is 0. The number of hydrogen-bond acceptors (Lipinski definition) is 4. The van der Waals surface area contributed by atoms with Gasteiger partial charge in [0.15, 0.2) is 0 Å². The molecule has 2 aliphatic heterocycles. The summed E-state index contributed by atoms with van der Waals surface area (Å²) in [5.41, 5.74) is 0. The highest BCUT2D eigenvalue weighted by Crippen LogP contribution is 2.20. The zero-order chi connectivity index (χ0) is 16.9. The van der Waals surface area contributed by atoms with Crippen molar-refractivity contribution in [1.82, 2.24) is 15.1 Å². The van der Waals surface area contributed by atoms with E-state index in [0.717, 1.165) is 18.8 Å². The Bertz CT molecular complexity index is 558. The fourth-order valence-electron chi connectivity index (χ4n) is 3.65. The summed E-state index contributed by atoms with van der Waals surface area (Å²) < 4.78 is 5.28. The minimum Gasteiger partial charge on any atom is -0.467 e. The van der Waals surface area contributed by atoms with Crippen LogP contribution in [-0.4, -0.2) is 53.8 Å². The molecule has 3 heterocycles. The number of piperidine rings is 1. The highest BCUT2D eigenvalue weighted by Gasteiger charge is 2.34. The average molecular weight is 333 g/mol. The van der Waals surface area contributed by atoms with Crippen LogP contribution in [0.25, 0.3) is 0 Å². The van der Waals surface area contributed by atoms with Gasteiger partial charge in [-0.25, -0.2) is 0 Å². The van der Waals surface area contributed by atoms with Crippen molar-refractivity contribution in [2.45, 2.75) is 45.2 Å². The Morgan fingerprint density at radius 1 is 1.42 bits per heavy atom. The van der Waals surface area contributed by atoms with E-state index in [-0.39, 0.29) is 17.7 Å². The van der Waals surface area contributed by atoms with Crippen LogP contribution in [0.5, 0.6) is 0 Å². The lowest BCUT2D eigenvalue weighted by molar-refractivity contribution is -0.129. The fraction of sp³-hybridized carbons (Fsp3) is 0.667. The van der Waals surface area contributed by atoms with Gasteiger partial charge in [-0.3, -0.25) is 14.5 Å². The molecule has 6 nitrogen and oxygen atoms in total.